The topological polar surface area (TPSA) is 83.1 Å². The molecule has 0 unspecified atom stereocenters. The Bertz CT molecular complexity index is 369. The van der Waals surface area contributed by atoms with Gasteiger partial charge in [-0.25, -0.2) is 10.3 Å². The van der Waals surface area contributed by atoms with E-state index in [0.29, 0.717) is 50.7 Å². The molecule has 0 aliphatic carbocycles. The monoisotopic (exact) mass is 285 g/mol. The number of hydroxylamine groups is 1. The molecule has 0 atom stereocenters. The first-order valence-electron chi connectivity index (χ1n) is 6.66. The third-order valence-electron chi connectivity index (χ3n) is 2.87. The summed E-state index contributed by atoms with van der Waals surface area (Å²) in [6.45, 7) is 4.65. The zero-order valence-electron chi connectivity index (χ0n) is 12.0. The molecule has 0 aromatic rings. The van der Waals surface area contributed by atoms with Crippen LogP contribution >= 0.6 is 0 Å². The molecule has 2 amide bonds. The van der Waals surface area contributed by atoms with Gasteiger partial charge in [0.05, 0.1) is 13.7 Å². The molecule has 0 radical (unpaired) electrons. The Kier molecular flexibility index (Phi) is 7.52. The summed E-state index contributed by atoms with van der Waals surface area (Å²) in [5.41, 5.74) is 2.08. The summed E-state index contributed by atoms with van der Waals surface area (Å²) >= 11 is 0. The number of ether oxygens (including phenoxy) is 2. The minimum Gasteiger partial charge on any atom is -0.493 e. The number of rotatable bonds is 9. The number of hydrogen-bond donors (Lipinski definition) is 3. The second-order valence-electron chi connectivity index (χ2n) is 4.19. The number of nitrogens with one attached hydrogen (secondary N) is 2. The van der Waals surface area contributed by atoms with Crippen LogP contribution in [0.15, 0.2) is 23.7 Å². The predicted molar refractivity (Wildman–Crippen MR) is 74.2 cm³/mol. The maximum Gasteiger partial charge on any atom is 0.317 e. The Morgan fingerprint density at radius 1 is 1.55 bits per heavy atom. The fourth-order valence-corrected chi connectivity index (χ4v) is 1.84. The van der Waals surface area contributed by atoms with Gasteiger partial charge in [0, 0.05) is 19.6 Å². The second kappa shape index (κ2) is 9.22. The van der Waals surface area contributed by atoms with Gasteiger partial charge in [0.2, 0.25) is 0 Å². The Morgan fingerprint density at radius 2 is 2.35 bits per heavy atom. The van der Waals surface area contributed by atoms with Gasteiger partial charge in [-0.2, -0.15) is 0 Å². The van der Waals surface area contributed by atoms with Crippen LogP contribution in [0, 0.1) is 0 Å². The van der Waals surface area contributed by atoms with Gasteiger partial charge in [0.25, 0.3) is 0 Å². The normalized spacial score (nSPS) is 16.4. The highest BCUT2D eigenvalue weighted by atomic mass is 16.5. The summed E-state index contributed by atoms with van der Waals surface area (Å²) in [4.78, 5) is 13.1. The Balaban J connectivity index is 2.41. The van der Waals surface area contributed by atoms with Crippen LogP contribution in [0.2, 0.25) is 0 Å². The molecule has 0 spiro atoms. The summed E-state index contributed by atoms with van der Waals surface area (Å²) < 4.78 is 10.9. The van der Waals surface area contributed by atoms with Crippen molar-refractivity contribution in [2.45, 2.75) is 13.3 Å². The molecule has 1 fully saturated rings. The summed E-state index contributed by atoms with van der Waals surface area (Å²) in [5.74, 6) is 1.25. The Labute approximate surface area is 119 Å². The molecule has 7 heteroatoms. The largest absolute Gasteiger partial charge is 0.493 e. The molecule has 114 valence electrons. The fourth-order valence-electron chi connectivity index (χ4n) is 1.84. The van der Waals surface area contributed by atoms with Crippen LogP contribution in [0.4, 0.5) is 4.79 Å². The molecule has 0 aromatic carbocycles. The van der Waals surface area contributed by atoms with Crippen molar-refractivity contribution in [2.24, 2.45) is 0 Å². The summed E-state index contributed by atoms with van der Waals surface area (Å²) in [5, 5.41) is 11.3. The van der Waals surface area contributed by atoms with Crippen LogP contribution in [0.5, 0.6) is 0 Å². The summed E-state index contributed by atoms with van der Waals surface area (Å²) in [6, 6.07) is -0.0489. The van der Waals surface area contributed by atoms with Gasteiger partial charge < -0.3 is 24.9 Å². The van der Waals surface area contributed by atoms with Gasteiger partial charge in [-0.1, -0.05) is 0 Å². The molecule has 1 saturated heterocycles. The quantitative estimate of drug-likeness (QED) is 0.253. The first-order chi connectivity index (χ1) is 9.72. The first-order valence-corrected chi connectivity index (χ1v) is 6.66. The van der Waals surface area contributed by atoms with Gasteiger partial charge in [0.1, 0.15) is 6.61 Å². The lowest BCUT2D eigenvalue weighted by Gasteiger charge is -2.17. The summed E-state index contributed by atoms with van der Waals surface area (Å²) in [6.07, 6.45) is 4.27. The number of allylic oxidation sites excluding steroid dienone is 1. The molecule has 1 rings (SSSR count). The molecule has 20 heavy (non-hydrogen) atoms. The van der Waals surface area contributed by atoms with Gasteiger partial charge in [0.15, 0.2) is 11.5 Å². The Hall–Kier alpha value is -1.73. The van der Waals surface area contributed by atoms with Gasteiger partial charge in [-0.3, -0.25) is 0 Å². The average Bonchev–Trinajstić information content (AvgIpc) is 2.86. The maximum atomic E-state index is 11.4. The van der Waals surface area contributed by atoms with Crippen LogP contribution in [-0.4, -0.2) is 56.0 Å². The number of hydrogen-bond acceptors (Lipinski definition) is 5. The van der Waals surface area contributed by atoms with Crippen molar-refractivity contribution < 1.29 is 19.5 Å². The Morgan fingerprint density at radius 3 is 2.90 bits per heavy atom. The van der Waals surface area contributed by atoms with Crippen molar-refractivity contribution in [1.29, 1.82) is 0 Å². The third kappa shape index (κ3) is 5.10. The van der Waals surface area contributed by atoms with Crippen LogP contribution in [0.1, 0.15) is 13.3 Å². The van der Waals surface area contributed by atoms with E-state index in [-0.39, 0.29) is 6.03 Å². The molecule has 0 aromatic heterocycles. The lowest BCUT2D eigenvalue weighted by molar-refractivity contribution is 0.151. The van der Waals surface area contributed by atoms with Crippen molar-refractivity contribution in [2.75, 3.05) is 39.9 Å². The third-order valence-corrected chi connectivity index (χ3v) is 2.87. The zero-order valence-corrected chi connectivity index (χ0v) is 12.0. The van der Waals surface area contributed by atoms with E-state index in [0.717, 1.165) is 0 Å². The minimum atomic E-state index is -0.0489. The smallest absolute Gasteiger partial charge is 0.317 e. The molecule has 0 saturated carbocycles. The zero-order chi connectivity index (χ0) is 14.8. The standard InChI is InChI=1S/C13H23N3O4/c1-3-11(12(19-2)5-4-6-15-18)20-10-9-16-8-7-14-13(16)17/h3,5,15,18H,4,6-10H2,1-2H3,(H,14,17). The van der Waals surface area contributed by atoms with Crippen molar-refractivity contribution in [3.63, 3.8) is 0 Å². The summed E-state index contributed by atoms with van der Waals surface area (Å²) in [7, 11) is 1.57. The van der Waals surface area contributed by atoms with Crippen molar-refractivity contribution in [3.05, 3.63) is 23.7 Å². The van der Waals surface area contributed by atoms with Crippen LogP contribution < -0.4 is 10.8 Å². The van der Waals surface area contributed by atoms with Crippen molar-refractivity contribution in [3.8, 4) is 0 Å². The van der Waals surface area contributed by atoms with Crippen LogP contribution in [0.3, 0.4) is 0 Å². The number of carbonyl (C=O) groups is 1. The van der Waals surface area contributed by atoms with E-state index >= 15 is 0 Å². The van der Waals surface area contributed by atoms with E-state index < -0.39 is 0 Å². The molecular weight excluding hydrogens is 262 g/mol. The van der Waals surface area contributed by atoms with Crippen molar-refractivity contribution >= 4 is 6.03 Å². The van der Waals surface area contributed by atoms with E-state index in [1.165, 1.54) is 0 Å². The molecule has 1 heterocycles. The molecule has 1 aliphatic rings. The SMILES string of the molecule is CC=C(OCCN1CCNC1=O)C(=CCCNO)OC. The molecule has 0 bridgehead atoms. The van der Waals surface area contributed by atoms with Crippen LogP contribution in [0.25, 0.3) is 0 Å². The van der Waals surface area contributed by atoms with Gasteiger partial charge in [-0.05, 0) is 25.5 Å². The van der Waals surface area contributed by atoms with Crippen molar-refractivity contribution in [1.82, 2.24) is 15.7 Å². The molecule has 3 N–H and O–H groups in total. The number of amides is 2. The highest BCUT2D eigenvalue weighted by Crippen LogP contribution is 2.13. The number of methoxy groups -OCH3 is 1. The molecular formula is C13H23N3O4. The van der Waals surface area contributed by atoms with E-state index in [1.54, 1.807) is 12.0 Å². The van der Waals surface area contributed by atoms with Crippen LogP contribution in [-0.2, 0) is 9.47 Å². The lowest BCUT2D eigenvalue weighted by Crippen LogP contribution is -2.31. The molecule has 7 nitrogen and oxygen atoms in total. The van der Waals surface area contributed by atoms with Gasteiger partial charge >= 0.3 is 6.03 Å². The van der Waals surface area contributed by atoms with E-state index in [9.17, 15) is 4.79 Å². The number of urea groups is 1. The van der Waals surface area contributed by atoms with E-state index in [1.807, 2.05) is 19.1 Å². The average molecular weight is 285 g/mol. The number of nitrogens with zero attached hydrogens (tertiary/aromatic N) is 1. The fraction of sp³-hybridized carbons (Fsp3) is 0.615. The van der Waals surface area contributed by atoms with E-state index in [2.05, 4.69) is 10.8 Å². The molecule has 1 aliphatic heterocycles. The lowest BCUT2D eigenvalue weighted by atomic mass is 10.3. The second-order valence-corrected chi connectivity index (χ2v) is 4.19. The predicted octanol–water partition coefficient (Wildman–Crippen LogP) is 0.831. The van der Waals surface area contributed by atoms with E-state index in [4.69, 9.17) is 14.7 Å². The highest BCUT2D eigenvalue weighted by molar-refractivity contribution is 5.76. The minimum absolute atomic E-state index is 0.0489. The maximum absolute atomic E-state index is 11.4. The first kappa shape index (κ1) is 16.3. The highest BCUT2D eigenvalue weighted by Gasteiger charge is 2.19. The van der Waals surface area contributed by atoms with Gasteiger partial charge in [-0.15, -0.1) is 0 Å². The number of carbonyl (C=O) groups excluding carboxylic acids is 1.